The third-order valence-corrected chi connectivity index (χ3v) is 4.76. The van der Waals surface area contributed by atoms with E-state index in [0.717, 1.165) is 34.3 Å². The fourth-order valence-corrected chi connectivity index (χ4v) is 3.22. The number of benzene rings is 1. The number of nitrogens with zero attached hydrogens (tertiary/aromatic N) is 1. The molecular formula is C15H21ClN2OS. The fraction of sp³-hybridized carbons (Fsp3) is 0.533. The Morgan fingerprint density at radius 3 is 2.85 bits per heavy atom. The Balaban J connectivity index is 2.23. The van der Waals surface area contributed by atoms with Gasteiger partial charge in [-0.1, -0.05) is 37.2 Å². The van der Waals surface area contributed by atoms with Crippen LogP contribution in [0.15, 0.2) is 17.1 Å². The summed E-state index contributed by atoms with van der Waals surface area (Å²) < 4.78 is 5.39. The van der Waals surface area contributed by atoms with Gasteiger partial charge in [0.25, 0.3) is 0 Å². The molecule has 0 spiro atoms. The summed E-state index contributed by atoms with van der Waals surface area (Å²) in [6.45, 7) is 6.42. The first-order valence-corrected chi connectivity index (χ1v) is 8.19. The third-order valence-electron chi connectivity index (χ3n) is 3.43. The van der Waals surface area contributed by atoms with Crippen LogP contribution in [0.2, 0.25) is 5.02 Å². The van der Waals surface area contributed by atoms with E-state index in [4.69, 9.17) is 21.3 Å². The first kappa shape index (κ1) is 15.5. The fourth-order valence-electron chi connectivity index (χ4n) is 2.12. The molecule has 1 unspecified atom stereocenters. The van der Waals surface area contributed by atoms with E-state index < -0.39 is 0 Å². The van der Waals surface area contributed by atoms with Gasteiger partial charge in [-0.25, -0.2) is 0 Å². The largest absolute Gasteiger partial charge is 0.495 e. The van der Waals surface area contributed by atoms with Crippen molar-refractivity contribution >= 4 is 34.2 Å². The normalized spacial score (nSPS) is 18.9. The Morgan fingerprint density at radius 2 is 2.20 bits per heavy atom. The van der Waals surface area contributed by atoms with Crippen molar-refractivity contribution in [2.24, 2.45) is 10.9 Å². The van der Waals surface area contributed by atoms with E-state index in [0.29, 0.717) is 17.0 Å². The van der Waals surface area contributed by atoms with Gasteiger partial charge in [-0.3, -0.25) is 4.99 Å². The minimum atomic E-state index is 0.401. The second kappa shape index (κ2) is 6.72. The predicted molar refractivity (Wildman–Crippen MR) is 89.5 cm³/mol. The molecule has 0 radical (unpaired) electrons. The highest BCUT2D eigenvalue weighted by atomic mass is 35.5. The molecule has 1 aliphatic heterocycles. The van der Waals surface area contributed by atoms with Crippen LogP contribution < -0.4 is 10.1 Å². The lowest BCUT2D eigenvalue weighted by Crippen LogP contribution is -2.24. The first-order valence-electron chi connectivity index (χ1n) is 6.83. The molecule has 0 amide bonds. The standard InChI is InChI=1S/C15H21ClN2OS/c1-9(2)12-5-6-20-15(17-12)18-13-7-10(3)11(16)8-14(13)19-4/h7-9,12H,5-6H2,1-4H3,(H,17,18). The van der Waals surface area contributed by atoms with Gasteiger partial charge in [0.2, 0.25) is 0 Å². The van der Waals surface area contributed by atoms with E-state index in [1.165, 1.54) is 0 Å². The van der Waals surface area contributed by atoms with Gasteiger partial charge in [0.1, 0.15) is 5.75 Å². The van der Waals surface area contributed by atoms with Crippen molar-refractivity contribution in [1.29, 1.82) is 0 Å². The van der Waals surface area contributed by atoms with E-state index >= 15 is 0 Å². The quantitative estimate of drug-likeness (QED) is 0.886. The number of hydrogen-bond acceptors (Lipinski definition) is 4. The van der Waals surface area contributed by atoms with Crippen molar-refractivity contribution < 1.29 is 4.74 Å². The van der Waals surface area contributed by atoms with Crippen molar-refractivity contribution in [3.8, 4) is 5.75 Å². The SMILES string of the molecule is COc1cc(Cl)c(C)cc1NC1=NC(C(C)C)CCS1. The van der Waals surface area contributed by atoms with Gasteiger partial charge in [-0.2, -0.15) is 0 Å². The molecule has 110 valence electrons. The summed E-state index contributed by atoms with van der Waals surface area (Å²) in [6, 6.07) is 4.24. The zero-order valence-corrected chi connectivity index (χ0v) is 13.9. The zero-order chi connectivity index (χ0) is 14.7. The Kier molecular flexibility index (Phi) is 5.22. The van der Waals surface area contributed by atoms with Crippen LogP contribution in [0.25, 0.3) is 0 Å². The molecule has 1 aromatic carbocycles. The van der Waals surface area contributed by atoms with Crippen LogP contribution in [0, 0.1) is 12.8 Å². The summed E-state index contributed by atoms with van der Waals surface area (Å²) in [7, 11) is 1.65. The van der Waals surface area contributed by atoms with Crippen LogP contribution in [0.5, 0.6) is 5.75 Å². The summed E-state index contributed by atoms with van der Waals surface area (Å²) >= 11 is 7.89. The van der Waals surface area contributed by atoms with Gasteiger partial charge >= 0.3 is 0 Å². The van der Waals surface area contributed by atoms with Gasteiger partial charge < -0.3 is 10.1 Å². The van der Waals surface area contributed by atoms with Crippen molar-refractivity contribution in [1.82, 2.24) is 0 Å². The minimum absolute atomic E-state index is 0.401. The maximum Gasteiger partial charge on any atom is 0.161 e. The van der Waals surface area contributed by atoms with Gasteiger partial charge in [0.15, 0.2) is 5.17 Å². The number of methoxy groups -OCH3 is 1. The lowest BCUT2D eigenvalue weighted by atomic mass is 10.0. The van der Waals surface area contributed by atoms with Crippen molar-refractivity contribution in [3.63, 3.8) is 0 Å². The number of rotatable bonds is 3. The lowest BCUT2D eigenvalue weighted by molar-refractivity contribution is 0.417. The van der Waals surface area contributed by atoms with Crippen LogP contribution in [0.1, 0.15) is 25.8 Å². The van der Waals surface area contributed by atoms with Crippen LogP contribution >= 0.6 is 23.4 Å². The second-order valence-electron chi connectivity index (χ2n) is 5.31. The molecular weight excluding hydrogens is 292 g/mol. The Labute approximate surface area is 130 Å². The molecule has 1 N–H and O–H groups in total. The molecule has 0 saturated carbocycles. The molecule has 0 aromatic heterocycles. The maximum atomic E-state index is 6.13. The number of nitrogens with one attached hydrogen (secondary N) is 1. The zero-order valence-electron chi connectivity index (χ0n) is 12.4. The number of hydrogen-bond donors (Lipinski definition) is 1. The number of aryl methyl sites for hydroxylation is 1. The molecule has 0 saturated heterocycles. The van der Waals surface area contributed by atoms with Gasteiger partial charge in [-0.05, 0) is 30.9 Å². The van der Waals surface area contributed by atoms with E-state index in [2.05, 4.69) is 19.2 Å². The Bertz CT molecular complexity index is 517. The molecule has 5 heteroatoms. The maximum absolute atomic E-state index is 6.13. The highest BCUT2D eigenvalue weighted by Gasteiger charge is 2.19. The van der Waals surface area contributed by atoms with Gasteiger partial charge in [-0.15, -0.1) is 0 Å². The molecule has 0 bridgehead atoms. The van der Waals surface area contributed by atoms with E-state index in [1.807, 2.05) is 19.1 Å². The minimum Gasteiger partial charge on any atom is -0.495 e. The first-order chi connectivity index (χ1) is 9.51. The summed E-state index contributed by atoms with van der Waals surface area (Å²) in [6.07, 6.45) is 1.14. The number of amidine groups is 1. The average molecular weight is 313 g/mol. The van der Waals surface area contributed by atoms with E-state index in [9.17, 15) is 0 Å². The lowest BCUT2D eigenvalue weighted by Gasteiger charge is -2.24. The number of ether oxygens (including phenoxy) is 1. The molecule has 2 rings (SSSR count). The summed E-state index contributed by atoms with van der Waals surface area (Å²) in [5, 5.41) is 5.06. The van der Waals surface area contributed by atoms with Gasteiger partial charge in [0, 0.05) is 16.8 Å². The summed E-state index contributed by atoms with van der Waals surface area (Å²) in [5.41, 5.74) is 1.95. The molecule has 0 fully saturated rings. The Hall–Kier alpha value is -0.870. The molecule has 1 aliphatic rings. The second-order valence-corrected chi connectivity index (χ2v) is 6.80. The van der Waals surface area contributed by atoms with Crippen LogP contribution in [-0.2, 0) is 0 Å². The van der Waals surface area contributed by atoms with E-state index in [-0.39, 0.29) is 0 Å². The predicted octanol–water partition coefficient (Wildman–Crippen LogP) is 4.59. The highest BCUT2D eigenvalue weighted by molar-refractivity contribution is 8.14. The smallest absolute Gasteiger partial charge is 0.161 e. The Morgan fingerprint density at radius 1 is 1.45 bits per heavy atom. The average Bonchev–Trinajstić information content (AvgIpc) is 2.43. The molecule has 3 nitrogen and oxygen atoms in total. The van der Waals surface area contributed by atoms with Crippen LogP contribution in [0.3, 0.4) is 0 Å². The van der Waals surface area contributed by atoms with Gasteiger partial charge in [0.05, 0.1) is 18.8 Å². The number of thioether (sulfide) groups is 1. The van der Waals surface area contributed by atoms with Crippen LogP contribution in [0.4, 0.5) is 5.69 Å². The number of aliphatic imine (C=N–C) groups is 1. The van der Waals surface area contributed by atoms with Crippen molar-refractivity contribution in [3.05, 3.63) is 22.7 Å². The van der Waals surface area contributed by atoms with Crippen molar-refractivity contribution in [2.45, 2.75) is 33.2 Å². The molecule has 1 atom stereocenters. The molecule has 1 aromatic rings. The van der Waals surface area contributed by atoms with Crippen molar-refractivity contribution in [2.75, 3.05) is 18.2 Å². The monoisotopic (exact) mass is 312 g/mol. The number of anilines is 1. The van der Waals surface area contributed by atoms with Crippen LogP contribution in [-0.4, -0.2) is 24.1 Å². The topological polar surface area (TPSA) is 33.6 Å². The van der Waals surface area contributed by atoms with E-state index in [1.54, 1.807) is 18.9 Å². The highest BCUT2D eigenvalue weighted by Crippen LogP contribution is 2.32. The molecule has 0 aliphatic carbocycles. The summed E-state index contributed by atoms with van der Waals surface area (Å²) in [5.74, 6) is 2.42. The molecule has 20 heavy (non-hydrogen) atoms. The molecule has 1 heterocycles. The third kappa shape index (κ3) is 3.61. The summed E-state index contributed by atoms with van der Waals surface area (Å²) in [4.78, 5) is 4.78. The number of halogens is 1.